The fourth-order valence-corrected chi connectivity index (χ4v) is 2.13. The van der Waals surface area contributed by atoms with Crippen LogP contribution in [0.5, 0.6) is 0 Å². The van der Waals surface area contributed by atoms with Crippen molar-refractivity contribution in [2.24, 2.45) is 0 Å². The molecule has 1 aromatic carbocycles. The number of rotatable bonds is 3. The van der Waals surface area contributed by atoms with Crippen LogP contribution in [0, 0.1) is 0 Å². The molecule has 5 heteroatoms. The quantitative estimate of drug-likeness (QED) is 0.874. The molecule has 1 heterocycles. The maximum absolute atomic E-state index is 10.0. The fourth-order valence-electron chi connectivity index (χ4n) is 1.60. The van der Waals surface area contributed by atoms with E-state index in [1.807, 2.05) is 17.3 Å². The smallest absolute Gasteiger partial charge is 0.0979 e. The zero-order chi connectivity index (χ0) is 11.5. The van der Waals surface area contributed by atoms with Gasteiger partial charge in [-0.05, 0) is 12.1 Å². The van der Waals surface area contributed by atoms with Gasteiger partial charge in [-0.1, -0.05) is 29.3 Å². The lowest BCUT2D eigenvalue weighted by molar-refractivity contribution is 0.138. The molecule has 1 aromatic rings. The van der Waals surface area contributed by atoms with Crippen molar-refractivity contribution in [2.75, 3.05) is 13.2 Å². The summed E-state index contributed by atoms with van der Waals surface area (Å²) in [5.41, 5.74) is 0.700. The van der Waals surface area contributed by atoms with Gasteiger partial charge in [-0.3, -0.25) is 0 Å². The molecule has 0 amide bonds. The standard InChI is InChI=1S/C11H12Cl2N2O/c12-8-1-2-9(10(13)5-8)11(16)6-15-4-3-14-7-15/h1-5,11,14,16H,6-7H2. The first-order chi connectivity index (χ1) is 7.66. The highest BCUT2D eigenvalue weighted by Gasteiger charge is 2.15. The molecule has 3 nitrogen and oxygen atoms in total. The summed E-state index contributed by atoms with van der Waals surface area (Å²) in [7, 11) is 0. The highest BCUT2D eigenvalue weighted by atomic mass is 35.5. The number of nitrogens with one attached hydrogen (secondary N) is 1. The van der Waals surface area contributed by atoms with Crippen molar-refractivity contribution in [3.8, 4) is 0 Å². The van der Waals surface area contributed by atoms with Gasteiger partial charge in [0.2, 0.25) is 0 Å². The van der Waals surface area contributed by atoms with Crippen molar-refractivity contribution < 1.29 is 5.11 Å². The molecule has 0 fully saturated rings. The number of hydrogen-bond acceptors (Lipinski definition) is 3. The maximum atomic E-state index is 10.0. The van der Waals surface area contributed by atoms with Crippen molar-refractivity contribution in [1.82, 2.24) is 10.2 Å². The predicted molar refractivity (Wildman–Crippen MR) is 65.3 cm³/mol. The molecule has 1 atom stereocenters. The first-order valence-corrected chi connectivity index (χ1v) is 5.69. The van der Waals surface area contributed by atoms with Crippen LogP contribution >= 0.6 is 23.2 Å². The van der Waals surface area contributed by atoms with E-state index in [1.165, 1.54) is 0 Å². The van der Waals surface area contributed by atoms with E-state index >= 15 is 0 Å². The molecule has 0 radical (unpaired) electrons. The molecule has 0 saturated carbocycles. The van der Waals surface area contributed by atoms with Gasteiger partial charge in [0, 0.05) is 34.6 Å². The third-order valence-corrected chi connectivity index (χ3v) is 2.99. The van der Waals surface area contributed by atoms with Gasteiger partial charge in [0.25, 0.3) is 0 Å². The van der Waals surface area contributed by atoms with Crippen molar-refractivity contribution in [1.29, 1.82) is 0 Å². The monoisotopic (exact) mass is 258 g/mol. The Labute approximate surface area is 104 Å². The van der Waals surface area contributed by atoms with Crippen LogP contribution < -0.4 is 5.32 Å². The largest absolute Gasteiger partial charge is 0.387 e. The van der Waals surface area contributed by atoms with Gasteiger partial charge in [-0.2, -0.15) is 0 Å². The van der Waals surface area contributed by atoms with E-state index in [9.17, 15) is 5.11 Å². The summed E-state index contributed by atoms with van der Waals surface area (Å²) in [6.45, 7) is 1.22. The van der Waals surface area contributed by atoms with Crippen LogP contribution in [-0.2, 0) is 0 Å². The van der Waals surface area contributed by atoms with E-state index < -0.39 is 6.10 Å². The van der Waals surface area contributed by atoms with Crippen molar-refractivity contribution in [3.05, 3.63) is 46.2 Å². The maximum Gasteiger partial charge on any atom is 0.0979 e. The van der Waals surface area contributed by atoms with E-state index in [0.29, 0.717) is 28.8 Å². The Kier molecular flexibility index (Phi) is 3.59. The van der Waals surface area contributed by atoms with Crippen molar-refractivity contribution >= 4 is 23.2 Å². The lowest BCUT2D eigenvalue weighted by atomic mass is 10.1. The molecular weight excluding hydrogens is 247 g/mol. The second-order valence-corrected chi connectivity index (χ2v) is 4.47. The van der Waals surface area contributed by atoms with Gasteiger partial charge in [-0.15, -0.1) is 0 Å². The van der Waals surface area contributed by atoms with E-state index in [4.69, 9.17) is 23.2 Å². The summed E-state index contributed by atoms with van der Waals surface area (Å²) in [5.74, 6) is 0. The molecule has 1 aliphatic rings. The fraction of sp³-hybridized carbons (Fsp3) is 0.273. The Bertz CT molecular complexity index is 409. The van der Waals surface area contributed by atoms with Crippen molar-refractivity contribution in [2.45, 2.75) is 6.10 Å². The molecule has 16 heavy (non-hydrogen) atoms. The van der Waals surface area contributed by atoms with E-state index in [1.54, 1.807) is 18.2 Å². The van der Waals surface area contributed by atoms with E-state index in [0.717, 1.165) is 0 Å². The lowest BCUT2D eigenvalue weighted by Crippen LogP contribution is -2.25. The number of nitrogens with zero attached hydrogens (tertiary/aromatic N) is 1. The second-order valence-electron chi connectivity index (χ2n) is 3.63. The summed E-state index contributed by atoms with van der Waals surface area (Å²) in [6.07, 6.45) is 3.12. The predicted octanol–water partition coefficient (Wildman–Crippen LogP) is 2.36. The highest BCUT2D eigenvalue weighted by Crippen LogP contribution is 2.26. The van der Waals surface area contributed by atoms with Crippen LogP contribution in [0.3, 0.4) is 0 Å². The lowest BCUT2D eigenvalue weighted by Gasteiger charge is -2.20. The first-order valence-electron chi connectivity index (χ1n) is 4.94. The van der Waals surface area contributed by atoms with Gasteiger partial charge >= 0.3 is 0 Å². The molecule has 86 valence electrons. The summed E-state index contributed by atoms with van der Waals surface area (Å²) in [4.78, 5) is 1.97. The van der Waals surface area contributed by atoms with Gasteiger partial charge in [0.15, 0.2) is 0 Å². The average Bonchev–Trinajstić information content (AvgIpc) is 2.70. The Hall–Kier alpha value is -0.900. The molecule has 0 spiro atoms. The van der Waals surface area contributed by atoms with Crippen LogP contribution in [0.2, 0.25) is 10.0 Å². The number of β-amino-alcohol motifs (C(OH)–C–C–N with tert-alkyl or cyclic N) is 1. The second kappa shape index (κ2) is 4.95. The Morgan fingerprint density at radius 1 is 1.44 bits per heavy atom. The molecule has 1 unspecified atom stereocenters. The van der Waals surface area contributed by atoms with Crippen LogP contribution in [-0.4, -0.2) is 23.2 Å². The third-order valence-electron chi connectivity index (χ3n) is 2.43. The molecule has 0 saturated heterocycles. The summed E-state index contributed by atoms with van der Waals surface area (Å²) >= 11 is 11.8. The van der Waals surface area contributed by atoms with Gasteiger partial charge in [-0.25, -0.2) is 0 Å². The zero-order valence-electron chi connectivity index (χ0n) is 8.53. The van der Waals surface area contributed by atoms with E-state index in [-0.39, 0.29) is 0 Å². The number of aliphatic hydroxyl groups is 1. The molecule has 0 aliphatic carbocycles. The highest BCUT2D eigenvalue weighted by molar-refractivity contribution is 6.35. The molecule has 0 bridgehead atoms. The molecule has 2 rings (SSSR count). The number of aliphatic hydroxyl groups excluding tert-OH is 1. The first kappa shape index (κ1) is 11.6. The third kappa shape index (κ3) is 2.61. The summed E-state index contributed by atoms with van der Waals surface area (Å²) < 4.78 is 0. The molecule has 0 aromatic heterocycles. The number of halogens is 2. The average molecular weight is 259 g/mol. The topological polar surface area (TPSA) is 35.5 Å². The van der Waals surface area contributed by atoms with Crippen molar-refractivity contribution in [3.63, 3.8) is 0 Å². The zero-order valence-corrected chi connectivity index (χ0v) is 10.0. The Morgan fingerprint density at radius 3 is 2.88 bits per heavy atom. The van der Waals surface area contributed by atoms with Gasteiger partial charge in [0.05, 0.1) is 12.8 Å². The van der Waals surface area contributed by atoms with Gasteiger partial charge in [0.1, 0.15) is 0 Å². The number of hydrogen-bond donors (Lipinski definition) is 2. The summed E-state index contributed by atoms with van der Waals surface area (Å²) in [6, 6.07) is 5.12. The van der Waals surface area contributed by atoms with Crippen LogP contribution in [0.1, 0.15) is 11.7 Å². The Morgan fingerprint density at radius 2 is 2.25 bits per heavy atom. The SMILES string of the molecule is OC(CN1C=CNC1)c1ccc(Cl)cc1Cl. The normalized spacial score (nSPS) is 16.3. The molecule has 2 N–H and O–H groups in total. The minimum atomic E-state index is -0.616. The van der Waals surface area contributed by atoms with Crippen LogP contribution in [0.25, 0.3) is 0 Å². The number of benzene rings is 1. The summed E-state index contributed by atoms with van der Waals surface area (Å²) in [5, 5.41) is 14.1. The van der Waals surface area contributed by atoms with E-state index in [2.05, 4.69) is 5.32 Å². The van der Waals surface area contributed by atoms with Crippen LogP contribution in [0.4, 0.5) is 0 Å². The van der Waals surface area contributed by atoms with Gasteiger partial charge < -0.3 is 15.3 Å². The minimum absolute atomic E-state index is 0.496. The van der Waals surface area contributed by atoms with Crippen LogP contribution in [0.15, 0.2) is 30.6 Å². The minimum Gasteiger partial charge on any atom is -0.387 e. The Balaban J connectivity index is 2.07. The molecule has 1 aliphatic heterocycles. The molecular formula is C11H12Cl2N2O.